The number of carbonyl (C=O) groups is 1. The van der Waals surface area contributed by atoms with Crippen LogP contribution in [0.15, 0.2) is 29.2 Å². The van der Waals surface area contributed by atoms with Crippen molar-refractivity contribution >= 4 is 43.0 Å². The van der Waals surface area contributed by atoms with Gasteiger partial charge in [0.05, 0.1) is 15.5 Å². The number of fused-ring (bicyclic) bond motifs is 1. The van der Waals surface area contributed by atoms with Crippen LogP contribution >= 0.6 is 11.3 Å². The Labute approximate surface area is 169 Å². The van der Waals surface area contributed by atoms with E-state index in [1.165, 1.54) is 23.5 Å². The maximum atomic E-state index is 12.8. The number of thiophene rings is 1. The number of anilines is 1. The molecular weight excluding hydrogens is 394 g/mol. The van der Waals surface area contributed by atoms with Gasteiger partial charge in [0.25, 0.3) is 5.91 Å². The Kier molecular flexibility index (Phi) is 5.05. The lowest BCUT2D eigenvalue weighted by atomic mass is 9.95. The number of nitrogens with one attached hydrogen (secondary N) is 1. The van der Waals surface area contributed by atoms with Gasteiger partial charge in [0.15, 0.2) is 9.84 Å². The Morgan fingerprint density at radius 3 is 2.21 bits per heavy atom. The largest absolute Gasteiger partial charge is 0.321 e. The fraction of sp³-hybridized carbons (Fsp3) is 0.350. The molecule has 0 unspecified atom stereocenters. The zero-order chi connectivity index (χ0) is 20.9. The molecule has 3 aromatic rings. The molecular formula is C20H23N3O3S2. The smallest absolute Gasteiger partial charge is 0.266 e. The minimum atomic E-state index is -3.27. The number of hydrogen-bond acceptors (Lipinski definition) is 6. The lowest BCUT2D eigenvalue weighted by Gasteiger charge is -2.16. The van der Waals surface area contributed by atoms with Gasteiger partial charge in [-0.05, 0) is 43.7 Å². The highest BCUT2D eigenvalue weighted by Gasteiger charge is 2.23. The van der Waals surface area contributed by atoms with Gasteiger partial charge in [-0.3, -0.25) is 4.79 Å². The number of aryl methyl sites for hydroxylation is 2. The summed E-state index contributed by atoms with van der Waals surface area (Å²) in [5.41, 5.74) is 2.07. The van der Waals surface area contributed by atoms with Crippen LogP contribution in [0.5, 0.6) is 0 Å². The minimum Gasteiger partial charge on any atom is -0.321 e. The molecule has 0 aliphatic rings. The predicted octanol–water partition coefficient (Wildman–Crippen LogP) is 4.26. The van der Waals surface area contributed by atoms with Crippen molar-refractivity contribution in [3.8, 4) is 0 Å². The third-order valence-corrected chi connectivity index (χ3v) is 6.70. The molecule has 1 amide bonds. The van der Waals surface area contributed by atoms with Gasteiger partial charge in [-0.1, -0.05) is 20.8 Å². The first-order valence-corrected chi connectivity index (χ1v) is 11.5. The lowest BCUT2D eigenvalue weighted by Crippen LogP contribution is -2.16. The molecule has 0 radical (unpaired) electrons. The Balaban J connectivity index is 1.96. The topological polar surface area (TPSA) is 89.0 Å². The summed E-state index contributed by atoms with van der Waals surface area (Å²) in [4.78, 5) is 23.7. The molecule has 0 saturated heterocycles. The molecule has 28 heavy (non-hydrogen) atoms. The van der Waals surface area contributed by atoms with E-state index in [1.54, 1.807) is 12.1 Å². The van der Waals surface area contributed by atoms with Crippen molar-refractivity contribution in [2.45, 2.75) is 44.9 Å². The van der Waals surface area contributed by atoms with E-state index < -0.39 is 9.84 Å². The third kappa shape index (κ3) is 3.93. The summed E-state index contributed by atoms with van der Waals surface area (Å²) in [6, 6.07) is 6.13. The van der Waals surface area contributed by atoms with Gasteiger partial charge >= 0.3 is 0 Å². The van der Waals surface area contributed by atoms with Crippen molar-refractivity contribution in [3.63, 3.8) is 0 Å². The van der Waals surface area contributed by atoms with Crippen molar-refractivity contribution in [1.29, 1.82) is 0 Å². The number of benzene rings is 1. The van der Waals surface area contributed by atoms with E-state index in [0.29, 0.717) is 10.6 Å². The summed E-state index contributed by atoms with van der Waals surface area (Å²) in [5, 5.41) is 3.74. The molecule has 0 aliphatic heterocycles. The van der Waals surface area contributed by atoms with Crippen LogP contribution in [0.25, 0.3) is 10.2 Å². The summed E-state index contributed by atoms with van der Waals surface area (Å²) in [7, 11) is -3.27. The first-order chi connectivity index (χ1) is 12.9. The van der Waals surface area contributed by atoms with Gasteiger partial charge in [0.1, 0.15) is 10.7 Å². The minimum absolute atomic E-state index is 0.180. The number of carbonyl (C=O) groups excluding carboxylic acids is 1. The average molecular weight is 418 g/mol. The SMILES string of the molecule is Cc1nc(C(C)(C)C)nc2sc(C(=O)Nc3ccc(S(C)(=O)=O)cc3)c(C)c12. The Morgan fingerprint density at radius 1 is 1.07 bits per heavy atom. The van der Waals surface area contributed by atoms with Crippen LogP contribution in [-0.4, -0.2) is 30.5 Å². The van der Waals surface area contributed by atoms with Gasteiger partial charge < -0.3 is 5.32 Å². The summed E-state index contributed by atoms with van der Waals surface area (Å²) >= 11 is 1.34. The number of sulfone groups is 1. The van der Waals surface area contributed by atoms with E-state index in [-0.39, 0.29) is 16.2 Å². The van der Waals surface area contributed by atoms with Gasteiger partial charge in [-0.15, -0.1) is 11.3 Å². The highest BCUT2D eigenvalue weighted by Crippen LogP contribution is 2.33. The lowest BCUT2D eigenvalue weighted by molar-refractivity contribution is 0.103. The molecule has 3 rings (SSSR count). The molecule has 0 fully saturated rings. The third-order valence-electron chi connectivity index (χ3n) is 4.39. The van der Waals surface area contributed by atoms with E-state index in [2.05, 4.69) is 36.1 Å². The first-order valence-electron chi connectivity index (χ1n) is 8.77. The molecule has 0 spiro atoms. The van der Waals surface area contributed by atoms with Crippen molar-refractivity contribution < 1.29 is 13.2 Å². The summed E-state index contributed by atoms with van der Waals surface area (Å²) < 4.78 is 23.1. The molecule has 1 aromatic carbocycles. The summed E-state index contributed by atoms with van der Waals surface area (Å²) in [6.07, 6.45) is 1.15. The maximum Gasteiger partial charge on any atom is 0.266 e. The summed E-state index contributed by atoms with van der Waals surface area (Å²) in [5.74, 6) is 0.506. The highest BCUT2D eigenvalue weighted by molar-refractivity contribution is 7.90. The second kappa shape index (κ2) is 6.93. The van der Waals surface area contributed by atoms with Gasteiger partial charge in [-0.2, -0.15) is 0 Å². The van der Waals surface area contributed by atoms with Gasteiger partial charge in [0.2, 0.25) is 0 Å². The number of aromatic nitrogens is 2. The normalized spacial score (nSPS) is 12.4. The fourth-order valence-corrected chi connectivity index (χ4v) is 4.62. The Hall–Kier alpha value is -2.32. The molecule has 0 atom stereocenters. The predicted molar refractivity (Wildman–Crippen MR) is 113 cm³/mol. The molecule has 8 heteroatoms. The second-order valence-electron chi connectivity index (χ2n) is 7.87. The molecule has 0 aliphatic carbocycles. The van der Waals surface area contributed by atoms with Crippen LogP contribution in [0, 0.1) is 13.8 Å². The van der Waals surface area contributed by atoms with Crippen LogP contribution < -0.4 is 5.32 Å². The van der Waals surface area contributed by atoms with Crippen LogP contribution in [0.1, 0.15) is 47.5 Å². The zero-order valence-electron chi connectivity index (χ0n) is 16.7. The van der Waals surface area contributed by atoms with Crippen LogP contribution in [0.4, 0.5) is 5.69 Å². The Morgan fingerprint density at radius 2 is 1.68 bits per heavy atom. The van der Waals surface area contributed by atoms with Crippen LogP contribution in [0.3, 0.4) is 0 Å². The number of rotatable bonds is 3. The standard InChI is InChI=1S/C20H23N3O3S2/c1-11-15-12(2)21-19(20(3,4)5)23-18(15)27-16(11)17(24)22-13-7-9-14(10-8-13)28(6,25)26/h7-10H,1-6H3,(H,22,24). The molecule has 0 saturated carbocycles. The fourth-order valence-electron chi connectivity index (χ4n) is 2.86. The number of hydrogen-bond donors (Lipinski definition) is 1. The molecule has 6 nitrogen and oxygen atoms in total. The van der Waals surface area contributed by atoms with Crippen LogP contribution in [-0.2, 0) is 15.3 Å². The maximum absolute atomic E-state index is 12.8. The van der Waals surface area contributed by atoms with E-state index in [9.17, 15) is 13.2 Å². The van der Waals surface area contributed by atoms with E-state index in [0.717, 1.165) is 33.6 Å². The zero-order valence-corrected chi connectivity index (χ0v) is 18.4. The van der Waals surface area contributed by atoms with Gasteiger partial charge in [-0.25, -0.2) is 18.4 Å². The van der Waals surface area contributed by atoms with Gasteiger partial charge in [0, 0.05) is 22.7 Å². The molecule has 2 heterocycles. The quantitative estimate of drug-likeness (QED) is 0.688. The van der Waals surface area contributed by atoms with Crippen molar-refractivity contribution in [2.75, 3.05) is 11.6 Å². The molecule has 0 bridgehead atoms. The average Bonchev–Trinajstić information content (AvgIpc) is 2.91. The van der Waals surface area contributed by atoms with Crippen molar-refractivity contribution in [3.05, 3.63) is 46.2 Å². The van der Waals surface area contributed by atoms with E-state index in [1.807, 2.05) is 13.8 Å². The number of amides is 1. The first kappa shape index (κ1) is 20.4. The van der Waals surface area contributed by atoms with E-state index in [4.69, 9.17) is 0 Å². The van der Waals surface area contributed by atoms with Crippen LogP contribution in [0.2, 0.25) is 0 Å². The highest BCUT2D eigenvalue weighted by atomic mass is 32.2. The Bertz CT molecular complexity index is 1170. The summed E-state index contributed by atoms with van der Waals surface area (Å²) in [6.45, 7) is 10.0. The molecule has 2 aromatic heterocycles. The van der Waals surface area contributed by atoms with Crippen molar-refractivity contribution in [2.24, 2.45) is 0 Å². The monoisotopic (exact) mass is 417 g/mol. The molecule has 1 N–H and O–H groups in total. The number of nitrogens with zero attached hydrogens (tertiary/aromatic N) is 2. The molecule has 148 valence electrons. The van der Waals surface area contributed by atoms with Crippen molar-refractivity contribution in [1.82, 2.24) is 9.97 Å². The van der Waals surface area contributed by atoms with E-state index >= 15 is 0 Å². The second-order valence-corrected chi connectivity index (χ2v) is 10.9.